The number of likely N-dealkylation sites (tertiary alicyclic amines) is 1. The van der Waals surface area contributed by atoms with Gasteiger partial charge < -0.3 is 15.0 Å². The zero-order valence-corrected chi connectivity index (χ0v) is 12.5. The summed E-state index contributed by atoms with van der Waals surface area (Å²) in [4.78, 5) is 2.45. The lowest BCUT2D eigenvalue weighted by molar-refractivity contribution is 0.145. The Hall–Kier alpha value is -1.06. The highest BCUT2D eigenvalue weighted by molar-refractivity contribution is 5.51. The fourth-order valence-electron chi connectivity index (χ4n) is 2.88. The van der Waals surface area contributed by atoms with E-state index in [-0.39, 0.29) is 0 Å². The van der Waals surface area contributed by atoms with Gasteiger partial charge in [-0.15, -0.1) is 0 Å². The topological polar surface area (TPSA) is 24.5 Å². The quantitative estimate of drug-likeness (QED) is 0.903. The van der Waals surface area contributed by atoms with Crippen LogP contribution in [0.1, 0.15) is 25.8 Å². The van der Waals surface area contributed by atoms with Crippen LogP contribution in [0.4, 0.5) is 5.69 Å². The highest BCUT2D eigenvalue weighted by Gasteiger charge is 2.28. The van der Waals surface area contributed by atoms with Crippen LogP contribution in [0.3, 0.4) is 0 Å². The van der Waals surface area contributed by atoms with Gasteiger partial charge in [-0.05, 0) is 32.4 Å². The fraction of sp³-hybridized carbons (Fsp3) is 0.625. The molecule has 1 heterocycles. The van der Waals surface area contributed by atoms with Crippen LogP contribution >= 0.6 is 0 Å². The van der Waals surface area contributed by atoms with Crippen molar-refractivity contribution in [3.8, 4) is 0 Å². The monoisotopic (exact) mass is 262 g/mol. The number of ether oxygens (including phenoxy) is 1. The summed E-state index contributed by atoms with van der Waals surface area (Å²) in [6.45, 7) is 6.46. The molecule has 0 radical (unpaired) electrons. The van der Waals surface area contributed by atoms with Crippen molar-refractivity contribution < 1.29 is 4.74 Å². The molecule has 0 saturated carbocycles. The predicted molar refractivity (Wildman–Crippen MR) is 80.4 cm³/mol. The third-order valence-corrected chi connectivity index (χ3v) is 4.27. The summed E-state index contributed by atoms with van der Waals surface area (Å²) in [6.07, 6.45) is 1.19. The van der Waals surface area contributed by atoms with Gasteiger partial charge in [-0.3, -0.25) is 0 Å². The summed E-state index contributed by atoms with van der Waals surface area (Å²) in [7, 11) is 3.97. The summed E-state index contributed by atoms with van der Waals surface area (Å²) in [6, 6.07) is 9.64. The molecule has 0 spiro atoms. The second-order valence-electron chi connectivity index (χ2n) is 5.84. The lowest BCUT2D eigenvalue weighted by Gasteiger charge is -2.40. The van der Waals surface area contributed by atoms with Crippen LogP contribution < -0.4 is 5.32 Å². The molecule has 0 amide bonds. The molecule has 3 nitrogen and oxygen atoms in total. The standard InChI is InChI=1S/C16H26N2O/c1-12-10-18(3)13(2)9-16(12)17-15-8-6-5-7-14(15)11-19-4/h5-8,12-13,16-17H,9-11H2,1-4H3. The van der Waals surface area contributed by atoms with Crippen LogP contribution in [0.15, 0.2) is 24.3 Å². The summed E-state index contributed by atoms with van der Waals surface area (Å²) in [5.74, 6) is 0.664. The summed E-state index contributed by atoms with van der Waals surface area (Å²) >= 11 is 0. The van der Waals surface area contributed by atoms with Crippen molar-refractivity contribution in [1.29, 1.82) is 0 Å². The van der Waals surface area contributed by atoms with E-state index in [1.54, 1.807) is 7.11 Å². The number of hydrogen-bond donors (Lipinski definition) is 1. The van der Waals surface area contributed by atoms with Gasteiger partial charge in [0.25, 0.3) is 0 Å². The second kappa shape index (κ2) is 6.40. The number of benzene rings is 1. The van der Waals surface area contributed by atoms with Gasteiger partial charge in [-0.2, -0.15) is 0 Å². The number of anilines is 1. The first-order valence-electron chi connectivity index (χ1n) is 7.15. The maximum Gasteiger partial charge on any atom is 0.0733 e. The maximum absolute atomic E-state index is 5.27. The normalized spacial score (nSPS) is 28.3. The highest BCUT2D eigenvalue weighted by atomic mass is 16.5. The molecule has 1 aliphatic rings. The molecule has 1 fully saturated rings. The Labute approximate surface area is 116 Å². The lowest BCUT2D eigenvalue weighted by atomic mass is 9.89. The molecule has 3 atom stereocenters. The van der Waals surface area contributed by atoms with Crippen LogP contribution in [0.2, 0.25) is 0 Å². The average molecular weight is 262 g/mol. The van der Waals surface area contributed by atoms with Crippen LogP contribution in [-0.2, 0) is 11.3 Å². The van der Waals surface area contributed by atoms with E-state index in [1.165, 1.54) is 17.7 Å². The van der Waals surface area contributed by atoms with Crippen LogP contribution in [0.5, 0.6) is 0 Å². The van der Waals surface area contributed by atoms with Crippen molar-refractivity contribution in [2.75, 3.05) is 26.0 Å². The smallest absolute Gasteiger partial charge is 0.0733 e. The van der Waals surface area contributed by atoms with Crippen molar-refractivity contribution in [3.05, 3.63) is 29.8 Å². The maximum atomic E-state index is 5.27. The van der Waals surface area contributed by atoms with E-state index in [9.17, 15) is 0 Å². The number of hydrogen-bond acceptors (Lipinski definition) is 3. The van der Waals surface area contributed by atoms with Crippen molar-refractivity contribution in [3.63, 3.8) is 0 Å². The Morgan fingerprint density at radius 2 is 2.05 bits per heavy atom. The molecule has 1 aromatic rings. The molecule has 3 heteroatoms. The van der Waals surface area contributed by atoms with E-state index < -0.39 is 0 Å². The van der Waals surface area contributed by atoms with Gasteiger partial charge in [0.05, 0.1) is 6.61 Å². The first-order chi connectivity index (χ1) is 9.11. The average Bonchev–Trinajstić information content (AvgIpc) is 2.38. The van der Waals surface area contributed by atoms with Crippen molar-refractivity contribution in [2.45, 2.75) is 39.0 Å². The van der Waals surface area contributed by atoms with Gasteiger partial charge in [0.2, 0.25) is 0 Å². The van der Waals surface area contributed by atoms with Crippen molar-refractivity contribution in [2.24, 2.45) is 5.92 Å². The first-order valence-corrected chi connectivity index (χ1v) is 7.15. The predicted octanol–water partition coefficient (Wildman–Crippen LogP) is 2.97. The molecule has 0 bridgehead atoms. The van der Waals surface area contributed by atoms with Crippen LogP contribution in [0, 0.1) is 5.92 Å². The Balaban J connectivity index is 2.08. The zero-order valence-electron chi connectivity index (χ0n) is 12.5. The molecule has 2 rings (SSSR count). The molecular weight excluding hydrogens is 236 g/mol. The number of nitrogens with zero attached hydrogens (tertiary/aromatic N) is 1. The third kappa shape index (κ3) is 3.48. The Morgan fingerprint density at radius 1 is 1.32 bits per heavy atom. The number of rotatable bonds is 4. The number of nitrogens with one attached hydrogen (secondary N) is 1. The van der Waals surface area contributed by atoms with E-state index in [4.69, 9.17) is 4.74 Å². The minimum atomic E-state index is 0.546. The summed E-state index contributed by atoms with van der Waals surface area (Å²) < 4.78 is 5.27. The van der Waals surface area contributed by atoms with E-state index in [1.807, 2.05) is 0 Å². The van der Waals surface area contributed by atoms with Gasteiger partial charge in [-0.25, -0.2) is 0 Å². The first kappa shape index (κ1) is 14.4. The lowest BCUT2D eigenvalue weighted by Crippen LogP contribution is -2.48. The highest BCUT2D eigenvalue weighted by Crippen LogP contribution is 2.26. The molecule has 3 unspecified atom stereocenters. The van der Waals surface area contributed by atoms with Gasteiger partial charge in [0.1, 0.15) is 0 Å². The molecule has 1 N–H and O–H groups in total. The van der Waals surface area contributed by atoms with Crippen LogP contribution in [0.25, 0.3) is 0 Å². The van der Waals surface area contributed by atoms with E-state index in [0.29, 0.717) is 24.6 Å². The Kier molecular flexibility index (Phi) is 4.83. The van der Waals surface area contributed by atoms with Gasteiger partial charge in [-0.1, -0.05) is 25.1 Å². The SMILES string of the molecule is COCc1ccccc1NC1CC(C)N(C)CC1C. The van der Waals surface area contributed by atoms with E-state index in [0.717, 1.165) is 6.54 Å². The second-order valence-corrected chi connectivity index (χ2v) is 5.84. The fourth-order valence-corrected chi connectivity index (χ4v) is 2.88. The van der Waals surface area contributed by atoms with Gasteiger partial charge in [0.15, 0.2) is 0 Å². The minimum Gasteiger partial charge on any atom is -0.382 e. The van der Waals surface area contributed by atoms with Crippen LogP contribution in [-0.4, -0.2) is 37.7 Å². The Morgan fingerprint density at radius 3 is 2.79 bits per heavy atom. The molecule has 0 aromatic heterocycles. The molecular formula is C16H26N2O. The largest absolute Gasteiger partial charge is 0.382 e. The van der Waals surface area contributed by atoms with Gasteiger partial charge >= 0.3 is 0 Å². The molecule has 106 valence electrons. The van der Waals surface area contributed by atoms with E-state index in [2.05, 4.69) is 55.4 Å². The van der Waals surface area contributed by atoms with Crippen molar-refractivity contribution in [1.82, 2.24) is 4.90 Å². The minimum absolute atomic E-state index is 0.546. The summed E-state index contributed by atoms with van der Waals surface area (Å²) in [5, 5.41) is 3.73. The molecule has 0 aliphatic carbocycles. The van der Waals surface area contributed by atoms with Crippen molar-refractivity contribution >= 4 is 5.69 Å². The zero-order chi connectivity index (χ0) is 13.8. The number of piperidine rings is 1. The third-order valence-electron chi connectivity index (χ3n) is 4.27. The number of methoxy groups -OCH3 is 1. The van der Waals surface area contributed by atoms with Gasteiger partial charge in [0, 0.05) is 37.0 Å². The molecule has 1 saturated heterocycles. The number of para-hydroxylation sites is 1. The van der Waals surface area contributed by atoms with E-state index >= 15 is 0 Å². The summed E-state index contributed by atoms with van der Waals surface area (Å²) in [5.41, 5.74) is 2.46. The molecule has 1 aliphatic heterocycles. The molecule has 1 aromatic carbocycles. The Bertz CT molecular complexity index is 407. The molecule has 19 heavy (non-hydrogen) atoms.